The van der Waals surface area contributed by atoms with Crippen LogP contribution in [0.2, 0.25) is 0 Å². The molecule has 2 amide bonds. The van der Waals surface area contributed by atoms with Crippen molar-refractivity contribution in [1.29, 1.82) is 0 Å². The SMILES string of the molecule is Cc1cc(OCC(=O)NC(=S)NNC(=O)COc2ccc3cc(Br)ccc3c2Br)ccc1Br. The van der Waals surface area contributed by atoms with Crippen LogP contribution in [0.4, 0.5) is 0 Å². The molecule has 0 aliphatic heterocycles. The molecule has 3 aromatic rings. The molecule has 3 rings (SSSR count). The van der Waals surface area contributed by atoms with Crippen molar-refractivity contribution < 1.29 is 19.1 Å². The highest BCUT2D eigenvalue weighted by atomic mass is 79.9. The molecule has 0 fully saturated rings. The van der Waals surface area contributed by atoms with Crippen LogP contribution in [0.3, 0.4) is 0 Å². The zero-order valence-electron chi connectivity index (χ0n) is 17.2. The number of amides is 2. The second kappa shape index (κ2) is 11.8. The molecule has 0 aliphatic rings. The lowest BCUT2D eigenvalue weighted by Crippen LogP contribution is -2.50. The van der Waals surface area contributed by atoms with Gasteiger partial charge in [0.2, 0.25) is 0 Å². The Kier molecular flexibility index (Phi) is 9.07. The Hall–Kier alpha value is -2.21. The Bertz CT molecular complexity index is 1220. The molecule has 0 heterocycles. The number of carbonyl (C=O) groups is 2. The second-order valence-corrected chi connectivity index (χ2v) is 9.75. The van der Waals surface area contributed by atoms with Crippen molar-refractivity contribution in [3.63, 3.8) is 0 Å². The normalized spacial score (nSPS) is 10.4. The predicted molar refractivity (Wildman–Crippen MR) is 141 cm³/mol. The molecule has 3 aromatic carbocycles. The number of benzene rings is 3. The van der Waals surface area contributed by atoms with E-state index in [-0.39, 0.29) is 18.3 Å². The summed E-state index contributed by atoms with van der Waals surface area (Å²) in [5.74, 6) is 0.139. The summed E-state index contributed by atoms with van der Waals surface area (Å²) >= 11 is 15.4. The minimum Gasteiger partial charge on any atom is -0.484 e. The van der Waals surface area contributed by atoms with Crippen molar-refractivity contribution in [2.45, 2.75) is 6.92 Å². The number of aryl methyl sites for hydroxylation is 1. The fraction of sp³-hybridized carbons (Fsp3) is 0.136. The van der Waals surface area contributed by atoms with Gasteiger partial charge in [0.1, 0.15) is 11.5 Å². The van der Waals surface area contributed by atoms with Gasteiger partial charge >= 0.3 is 0 Å². The van der Waals surface area contributed by atoms with Crippen LogP contribution in [-0.2, 0) is 9.59 Å². The first-order chi connectivity index (χ1) is 15.7. The van der Waals surface area contributed by atoms with Crippen molar-refractivity contribution in [2.75, 3.05) is 13.2 Å². The standard InChI is InChI=1S/C22H18Br3N3O4S/c1-12-8-15(4-6-17(12)24)31-10-19(29)26-22(33)28-27-20(30)11-32-18-7-2-13-9-14(23)3-5-16(13)21(18)25/h2-9H,10-11H2,1H3,(H,27,30)(H2,26,28,29,33). The monoisotopic (exact) mass is 657 g/mol. The molecule has 7 nitrogen and oxygen atoms in total. The fourth-order valence-corrected chi connectivity index (χ4v) is 4.11. The summed E-state index contributed by atoms with van der Waals surface area (Å²) in [5.41, 5.74) is 5.81. The molecule has 0 saturated heterocycles. The maximum absolute atomic E-state index is 12.1. The molecule has 3 N–H and O–H groups in total. The second-order valence-electron chi connectivity index (χ2n) is 6.78. The summed E-state index contributed by atoms with van der Waals surface area (Å²) in [7, 11) is 0. The largest absolute Gasteiger partial charge is 0.484 e. The van der Waals surface area contributed by atoms with Crippen molar-refractivity contribution in [3.05, 3.63) is 67.5 Å². The summed E-state index contributed by atoms with van der Waals surface area (Å²) in [6, 6.07) is 14.9. The molecule has 0 unspecified atom stereocenters. The predicted octanol–water partition coefficient (Wildman–Crippen LogP) is 4.92. The number of thiocarbonyl (C=S) groups is 1. The molecule has 172 valence electrons. The Balaban J connectivity index is 1.41. The van der Waals surface area contributed by atoms with Gasteiger partial charge in [0.15, 0.2) is 18.3 Å². The molecule has 0 aliphatic carbocycles. The van der Waals surface area contributed by atoms with Gasteiger partial charge in [-0.05, 0) is 87.8 Å². The molecular weight excluding hydrogens is 642 g/mol. The van der Waals surface area contributed by atoms with Crippen LogP contribution in [-0.4, -0.2) is 30.1 Å². The van der Waals surface area contributed by atoms with Crippen LogP contribution in [0.15, 0.2) is 61.9 Å². The number of hydrogen-bond acceptors (Lipinski definition) is 5. The van der Waals surface area contributed by atoms with Gasteiger partial charge in [-0.2, -0.15) is 0 Å². The van der Waals surface area contributed by atoms with Crippen molar-refractivity contribution in [1.82, 2.24) is 16.2 Å². The van der Waals surface area contributed by atoms with Crippen molar-refractivity contribution in [3.8, 4) is 11.5 Å². The van der Waals surface area contributed by atoms with Gasteiger partial charge in [-0.25, -0.2) is 0 Å². The highest BCUT2D eigenvalue weighted by Crippen LogP contribution is 2.34. The summed E-state index contributed by atoms with van der Waals surface area (Å²) in [5, 5.41) is 4.33. The summed E-state index contributed by atoms with van der Waals surface area (Å²) in [6.45, 7) is 1.43. The summed E-state index contributed by atoms with van der Waals surface area (Å²) < 4.78 is 13.7. The lowest BCUT2D eigenvalue weighted by molar-refractivity contribution is -0.124. The number of hydrazine groups is 1. The van der Waals surface area contributed by atoms with E-state index < -0.39 is 11.8 Å². The smallest absolute Gasteiger partial charge is 0.276 e. The van der Waals surface area contributed by atoms with E-state index in [1.165, 1.54) is 0 Å². The molecule has 11 heteroatoms. The number of halogens is 3. The number of ether oxygens (including phenoxy) is 2. The van der Waals surface area contributed by atoms with Crippen molar-refractivity contribution >= 4 is 87.7 Å². The lowest BCUT2D eigenvalue weighted by atomic mass is 10.1. The van der Waals surface area contributed by atoms with E-state index in [4.69, 9.17) is 21.7 Å². The zero-order chi connectivity index (χ0) is 24.0. The van der Waals surface area contributed by atoms with Gasteiger partial charge in [-0.3, -0.25) is 25.8 Å². The maximum Gasteiger partial charge on any atom is 0.276 e. The Morgan fingerprint density at radius 3 is 2.42 bits per heavy atom. The first-order valence-electron chi connectivity index (χ1n) is 9.51. The third kappa shape index (κ3) is 7.39. The molecule has 0 saturated carbocycles. The number of hydrogen-bond donors (Lipinski definition) is 3. The van der Waals surface area contributed by atoms with Gasteiger partial charge in [-0.15, -0.1) is 0 Å². The first-order valence-corrected chi connectivity index (χ1v) is 12.3. The van der Waals surface area contributed by atoms with Crippen LogP contribution in [0.5, 0.6) is 11.5 Å². The number of fused-ring (bicyclic) bond motifs is 1. The van der Waals surface area contributed by atoms with E-state index in [0.717, 1.165) is 29.8 Å². The topological polar surface area (TPSA) is 88.7 Å². The number of carbonyl (C=O) groups excluding carboxylic acids is 2. The first kappa shape index (κ1) is 25.4. The van der Waals surface area contributed by atoms with E-state index in [9.17, 15) is 9.59 Å². The molecule has 0 radical (unpaired) electrons. The highest BCUT2D eigenvalue weighted by Gasteiger charge is 2.11. The number of rotatable bonds is 6. The molecule has 33 heavy (non-hydrogen) atoms. The molecule has 0 bridgehead atoms. The van der Waals surface area contributed by atoms with E-state index in [1.54, 1.807) is 18.2 Å². The summed E-state index contributed by atoms with van der Waals surface area (Å²) in [6.07, 6.45) is 0. The Labute approximate surface area is 220 Å². The third-order valence-electron chi connectivity index (χ3n) is 4.31. The van der Waals surface area contributed by atoms with Crippen LogP contribution < -0.4 is 25.6 Å². The van der Waals surface area contributed by atoms with E-state index >= 15 is 0 Å². The van der Waals surface area contributed by atoms with Gasteiger partial charge < -0.3 is 9.47 Å². The quantitative estimate of drug-likeness (QED) is 0.258. The van der Waals surface area contributed by atoms with E-state index in [2.05, 4.69) is 64.0 Å². The van der Waals surface area contributed by atoms with Crippen LogP contribution in [0.25, 0.3) is 10.8 Å². The Morgan fingerprint density at radius 1 is 0.909 bits per heavy atom. The average Bonchev–Trinajstić information content (AvgIpc) is 2.78. The van der Waals surface area contributed by atoms with Gasteiger partial charge in [-0.1, -0.05) is 44.0 Å². The van der Waals surface area contributed by atoms with Crippen LogP contribution in [0.1, 0.15) is 5.56 Å². The highest BCUT2D eigenvalue weighted by molar-refractivity contribution is 9.11. The van der Waals surface area contributed by atoms with Gasteiger partial charge in [0.25, 0.3) is 11.8 Å². The number of nitrogens with one attached hydrogen (secondary N) is 3. The van der Waals surface area contributed by atoms with Crippen molar-refractivity contribution in [2.24, 2.45) is 0 Å². The molecule has 0 spiro atoms. The minimum absolute atomic E-state index is 0.0681. The maximum atomic E-state index is 12.1. The van der Waals surface area contributed by atoms with Crippen LogP contribution in [0, 0.1) is 6.92 Å². The zero-order valence-corrected chi connectivity index (χ0v) is 22.8. The molecule has 0 aromatic heterocycles. The summed E-state index contributed by atoms with van der Waals surface area (Å²) in [4.78, 5) is 24.1. The van der Waals surface area contributed by atoms with Crippen LogP contribution >= 0.6 is 60.0 Å². The minimum atomic E-state index is -0.476. The third-order valence-corrected chi connectivity index (χ3v) is 6.71. The Morgan fingerprint density at radius 2 is 1.67 bits per heavy atom. The average molecular weight is 660 g/mol. The van der Waals surface area contributed by atoms with Gasteiger partial charge in [0, 0.05) is 8.95 Å². The van der Waals surface area contributed by atoms with E-state index in [0.29, 0.717) is 11.5 Å². The fourth-order valence-electron chi connectivity index (χ4n) is 2.71. The molecule has 0 atom stereocenters. The molecular formula is C22H18Br3N3O4S. The van der Waals surface area contributed by atoms with Gasteiger partial charge in [0.05, 0.1) is 4.47 Å². The van der Waals surface area contributed by atoms with E-state index in [1.807, 2.05) is 37.3 Å². The lowest BCUT2D eigenvalue weighted by Gasteiger charge is -2.13.